The molecule has 6 nitrogen and oxygen atoms in total. The number of amides is 1. The lowest BCUT2D eigenvalue weighted by Crippen LogP contribution is -2.42. The first-order valence-corrected chi connectivity index (χ1v) is 9.53. The number of benzene rings is 2. The fourth-order valence-corrected chi connectivity index (χ4v) is 3.43. The van der Waals surface area contributed by atoms with E-state index < -0.39 is 5.97 Å². The topological polar surface area (TPSA) is 67.9 Å². The van der Waals surface area contributed by atoms with E-state index >= 15 is 0 Å². The lowest BCUT2D eigenvalue weighted by atomic mass is 9.99. The van der Waals surface area contributed by atoms with Gasteiger partial charge in [0.2, 0.25) is 5.91 Å². The first-order chi connectivity index (χ1) is 13.7. The summed E-state index contributed by atoms with van der Waals surface area (Å²) < 4.78 is 10.6. The summed E-state index contributed by atoms with van der Waals surface area (Å²) in [5, 5.41) is 2.83. The van der Waals surface area contributed by atoms with Gasteiger partial charge in [-0.15, -0.1) is 0 Å². The highest BCUT2D eigenvalue weighted by atomic mass is 16.5. The Morgan fingerprint density at radius 3 is 2.64 bits per heavy atom. The Labute approximate surface area is 165 Å². The van der Waals surface area contributed by atoms with Gasteiger partial charge >= 0.3 is 5.97 Å². The molecule has 0 spiro atoms. The molecule has 1 fully saturated rings. The molecule has 1 amide bonds. The van der Waals surface area contributed by atoms with Crippen LogP contribution in [-0.2, 0) is 9.53 Å². The van der Waals surface area contributed by atoms with Gasteiger partial charge in [-0.05, 0) is 43.7 Å². The standard InChI is InChI=1S/C22H26N2O4/c1-27-22(26)19-11-5-6-12-20(19)23-21(25)15-24-13-7-8-17(14-24)16-28-18-9-3-2-4-10-18/h2-6,9-12,17H,7-8,13-16H2,1H3,(H,23,25). The molecule has 0 aliphatic carbocycles. The molecule has 2 aromatic rings. The molecule has 148 valence electrons. The molecule has 28 heavy (non-hydrogen) atoms. The van der Waals surface area contributed by atoms with Crippen molar-refractivity contribution in [2.24, 2.45) is 5.92 Å². The molecular formula is C22H26N2O4. The summed E-state index contributed by atoms with van der Waals surface area (Å²) in [6, 6.07) is 16.6. The third-order valence-electron chi connectivity index (χ3n) is 4.81. The van der Waals surface area contributed by atoms with E-state index in [1.54, 1.807) is 24.3 Å². The Kier molecular flexibility index (Phi) is 7.03. The number of piperidine rings is 1. The van der Waals surface area contributed by atoms with Crippen LogP contribution >= 0.6 is 0 Å². The number of esters is 1. The van der Waals surface area contributed by atoms with Gasteiger partial charge in [-0.2, -0.15) is 0 Å². The molecular weight excluding hydrogens is 356 g/mol. The molecule has 3 rings (SSSR count). The summed E-state index contributed by atoms with van der Waals surface area (Å²) in [4.78, 5) is 26.5. The zero-order valence-corrected chi connectivity index (χ0v) is 16.1. The van der Waals surface area contributed by atoms with Crippen molar-refractivity contribution in [3.63, 3.8) is 0 Å². The number of rotatable bonds is 7. The molecule has 1 aliphatic rings. The van der Waals surface area contributed by atoms with Gasteiger partial charge in [-0.3, -0.25) is 9.69 Å². The van der Waals surface area contributed by atoms with E-state index in [4.69, 9.17) is 9.47 Å². The van der Waals surface area contributed by atoms with Crippen LogP contribution in [0.1, 0.15) is 23.2 Å². The zero-order valence-electron chi connectivity index (χ0n) is 16.1. The van der Waals surface area contributed by atoms with E-state index in [2.05, 4.69) is 10.2 Å². The number of methoxy groups -OCH3 is 1. The van der Waals surface area contributed by atoms with Gasteiger partial charge in [0.1, 0.15) is 5.75 Å². The molecule has 0 saturated carbocycles. The van der Waals surface area contributed by atoms with Gasteiger partial charge in [0.15, 0.2) is 0 Å². The van der Waals surface area contributed by atoms with Gasteiger partial charge in [0, 0.05) is 12.5 Å². The Balaban J connectivity index is 1.51. The lowest BCUT2D eigenvalue weighted by molar-refractivity contribution is -0.117. The second kappa shape index (κ2) is 9.90. The van der Waals surface area contributed by atoms with Crippen molar-refractivity contribution in [2.45, 2.75) is 12.8 Å². The highest BCUT2D eigenvalue weighted by Gasteiger charge is 2.23. The minimum Gasteiger partial charge on any atom is -0.493 e. The Morgan fingerprint density at radius 1 is 1.11 bits per heavy atom. The Bertz CT molecular complexity index is 794. The average Bonchev–Trinajstić information content (AvgIpc) is 2.73. The number of carbonyl (C=O) groups excluding carboxylic acids is 2. The van der Waals surface area contributed by atoms with E-state index in [0.717, 1.165) is 31.7 Å². The highest BCUT2D eigenvalue weighted by Crippen LogP contribution is 2.20. The maximum absolute atomic E-state index is 12.5. The minimum atomic E-state index is -0.466. The quantitative estimate of drug-likeness (QED) is 0.745. The van der Waals surface area contributed by atoms with Gasteiger partial charge in [0.25, 0.3) is 0 Å². The summed E-state index contributed by atoms with van der Waals surface area (Å²) in [5.74, 6) is 0.661. The van der Waals surface area contributed by atoms with Crippen LogP contribution in [0.15, 0.2) is 54.6 Å². The van der Waals surface area contributed by atoms with Crippen molar-refractivity contribution < 1.29 is 19.1 Å². The lowest BCUT2D eigenvalue weighted by Gasteiger charge is -2.32. The van der Waals surface area contributed by atoms with Crippen LogP contribution in [-0.4, -0.2) is 50.1 Å². The number of nitrogens with zero attached hydrogens (tertiary/aromatic N) is 1. The summed E-state index contributed by atoms with van der Waals surface area (Å²) in [6.45, 7) is 2.64. The van der Waals surface area contributed by atoms with Crippen LogP contribution in [0.25, 0.3) is 0 Å². The number of hydrogen-bond acceptors (Lipinski definition) is 5. The van der Waals surface area contributed by atoms with Crippen molar-refractivity contribution in [3.8, 4) is 5.75 Å². The number of hydrogen-bond donors (Lipinski definition) is 1. The third-order valence-corrected chi connectivity index (χ3v) is 4.81. The number of carbonyl (C=O) groups is 2. The number of anilines is 1. The summed E-state index contributed by atoms with van der Waals surface area (Å²) in [5.41, 5.74) is 0.825. The van der Waals surface area contributed by atoms with Crippen molar-refractivity contribution in [3.05, 3.63) is 60.2 Å². The average molecular weight is 382 g/mol. The van der Waals surface area contributed by atoms with Gasteiger partial charge in [0.05, 0.1) is 31.5 Å². The fourth-order valence-electron chi connectivity index (χ4n) is 3.43. The SMILES string of the molecule is COC(=O)c1ccccc1NC(=O)CN1CCCC(COc2ccccc2)C1. The summed E-state index contributed by atoms with van der Waals surface area (Å²) in [6.07, 6.45) is 2.13. The molecule has 1 N–H and O–H groups in total. The molecule has 2 aromatic carbocycles. The molecule has 1 aliphatic heterocycles. The van der Waals surface area contributed by atoms with Crippen molar-refractivity contribution in [1.29, 1.82) is 0 Å². The van der Waals surface area contributed by atoms with Crippen LogP contribution in [0.5, 0.6) is 5.75 Å². The third kappa shape index (κ3) is 5.57. The maximum Gasteiger partial charge on any atom is 0.339 e. The smallest absolute Gasteiger partial charge is 0.339 e. The monoisotopic (exact) mass is 382 g/mol. The van der Waals surface area contributed by atoms with Crippen molar-refractivity contribution in [1.82, 2.24) is 4.90 Å². The van der Waals surface area contributed by atoms with E-state index in [1.165, 1.54) is 7.11 Å². The maximum atomic E-state index is 12.5. The molecule has 1 saturated heterocycles. The van der Waals surface area contributed by atoms with Crippen molar-refractivity contribution in [2.75, 3.05) is 38.7 Å². The molecule has 0 aromatic heterocycles. The van der Waals surface area contributed by atoms with E-state index in [1.807, 2.05) is 30.3 Å². The fraction of sp³-hybridized carbons (Fsp3) is 0.364. The van der Waals surface area contributed by atoms with Crippen LogP contribution in [0.4, 0.5) is 5.69 Å². The zero-order chi connectivity index (χ0) is 19.8. The van der Waals surface area contributed by atoms with E-state index in [-0.39, 0.29) is 12.5 Å². The van der Waals surface area contributed by atoms with Crippen LogP contribution in [0.2, 0.25) is 0 Å². The summed E-state index contributed by atoms with van der Waals surface area (Å²) >= 11 is 0. The van der Waals surface area contributed by atoms with Gasteiger partial charge in [-0.1, -0.05) is 30.3 Å². The molecule has 1 heterocycles. The summed E-state index contributed by atoms with van der Waals surface area (Å²) in [7, 11) is 1.33. The van der Waals surface area contributed by atoms with E-state index in [9.17, 15) is 9.59 Å². The largest absolute Gasteiger partial charge is 0.493 e. The van der Waals surface area contributed by atoms with Gasteiger partial charge < -0.3 is 14.8 Å². The molecule has 0 bridgehead atoms. The molecule has 1 atom stereocenters. The van der Waals surface area contributed by atoms with Crippen molar-refractivity contribution >= 4 is 17.6 Å². The molecule has 6 heteroatoms. The van der Waals surface area contributed by atoms with Crippen LogP contribution in [0.3, 0.4) is 0 Å². The predicted molar refractivity (Wildman–Crippen MR) is 108 cm³/mol. The minimum absolute atomic E-state index is 0.138. The second-order valence-corrected chi connectivity index (χ2v) is 6.95. The van der Waals surface area contributed by atoms with Crippen LogP contribution < -0.4 is 10.1 Å². The predicted octanol–water partition coefficient (Wildman–Crippen LogP) is 3.20. The highest BCUT2D eigenvalue weighted by molar-refractivity contribution is 6.01. The Hall–Kier alpha value is -2.86. The Morgan fingerprint density at radius 2 is 1.86 bits per heavy atom. The number of nitrogens with one attached hydrogen (secondary N) is 1. The molecule has 1 unspecified atom stereocenters. The first-order valence-electron chi connectivity index (χ1n) is 9.53. The molecule has 0 radical (unpaired) electrons. The first kappa shape index (κ1) is 19.9. The second-order valence-electron chi connectivity index (χ2n) is 6.95. The normalized spacial score (nSPS) is 17.0. The number of likely N-dealkylation sites (tertiary alicyclic amines) is 1. The van der Waals surface area contributed by atoms with E-state index in [0.29, 0.717) is 23.8 Å². The van der Waals surface area contributed by atoms with Gasteiger partial charge in [-0.25, -0.2) is 4.79 Å². The number of para-hydroxylation sites is 2. The number of ether oxygens (including phenoxy) is 2. The van der Waals surface area contributed by atoms with Crippen LogP contribution in [0, 0.1) is 5.92 Å².